The molecule has 0 fully saturated rings. The minimum atomic E-state index is -0.321. The molecule has 15 heavy (non-hydrogen) atoms. The number of carbonyl (C=O) groups excluding carboxylic acids is 1. The molecule has 1 aliphatic carbocycles. The van der Waals surface area contributed by atoms with Gasteiger partial charge in [-0.25, -0.2) is 0 Å². The highest BCUT2D eigenvalue weighted by atomic mass is 16.5. The fourth-order valence-electron chi connectivity index (χ4n) is 1.61. The molecule has 0 aromatic carbocycles. The Morgan fingerprint density at radius 3 is 2.80 bits per heavy atom. The molecule has 1 heterocycles. The van der Waals surface area contributed by atoms with Crippen molar-refractivity contribution in [3.05, 3.63) is 24.0 Å². The van der Waals surface area contributed by atoms with E-state index in [1.807, 2.05) is 0 Å². The number of hydrogen-bond acceptors (Lipinski definition) is 4. The third-order valence-electron chi connectivity index (χ3n) is 2.29. The van der Waals surface area contributed by atoms with Gasteiger partial charge in [-0.05, 0) is 13.0 Å². The molecule has 0 aromatic rings. The third kappa shape index (κ3) is 1.34. The zero-order valence-corrected chi connectivity index (χ0v) is 8.40. The van der Waals surface area contributed by atoms with Gasteiger partial charge in [-0.1, -0.05) is 6.07 Å². The van der Waals surface area contributed by atoms with Gasteiger partial charge in [0.1, 0.15) is 6.26 Å². The molecule has 78 valence electrons. The zero-order chi connectivity index (χ0) is 11.0. The second kappa shape index (κ2) is 3.31. The van der Waals surface area contributed by atoms with E-state index in [-0.39, 0.29) is 17.5 Å². The van der Waals surface area contributed by atoms with Crippen LogP contribution in [0.3, 0.4) is 0 Å². The highest BCUT2D eigenvalue weighted by Gasteiger charge is 2.22. The van der Waals surface area contributed by atoms with E-state index in [9.17, 15) is 9.90 Å². The molecule has 1 aliphatic heterocycles. The van der Waals surface area contributed by atoms with Crippen molar-refractivity contribution < 1.29 is 19.1 Å². The molecule has 0 aromatic heterocycles. The van der Waals surface area contributed by atoms with Crippen LogP contribution in [0.1, 0.15) is 17.3 Å². The highest BCUT2D eigenvalue weighted by Crippen LogP contribution is 2.42. The summed E-state index contributed by atoms with van der Waals surface area (Å²) in [7, 11) is 1.42. The summed E-state index contributed by atoms with van der Waals surface area (Å²) in [5.74, 6) is -0.199. The number of carbonyl (C=O) groups is 1. The summed E-state index contributed by atoms with van der Waals surface area (Å²) in [5.41, 5.74) is 1.84. The number of aromatic hydroxyl groups is 1. The van der Waals surface area contributed by atoms with E-state index in [4.69, 9.17) is 9.15 Å². The van der Waals surface area contributed by atoms with Gasteiger partial charge in [0.15, 0.2) is 5.78 Å². The Hall–Kier alpha value is -1.97. The molecule has 4 nitrogen and oxygen atoms in total. The number of ketones is 1. The Morgan fingerprint density at radius 2 is 2.20 bits per heavy atom. The molecule has 0 saturated heterocycles. The van der Waals surface area contributed by atoms with Gasteiger partial charge < -0.3 is 14.3 Å². The molecule has 0 spiro atoms. The van der Waals surface area contributed by atoms with E-state index in [1.165, 1.54) is 20.3 Å². The second-order valence-electron chi connectivity index (χ2n) is 3.21. The van der Waals surface area contributed by atoms with E-state index in [2.05, 4.69) is 0 Å². The Labute approximate surface area is 86.4 Å². The van der Waals surface area contributed by atoms with Gasteiger partial charge in [0.05, 0.1) is 7.11 Å². The minimum Gasteiger partial charge on any atom is -0.490 e. The minimum absolute atomic E-state index is 0.0751. The van der Waals surface area contributed by atoms with Crippen LogP contribution >= 0.6 is 0 Å². The number of fused-ring (bicyclic) bond motifs is 1. The number of rotatable bonds is 2. The van der Waals surface area contributed by atoms with Crippen molar-refractivity contribution in [2.75, 3.05) is 7.11 Å². The van der Waals surface area contributed by atoms with Crippen molar-refractivity contribution in [2.24, 2.45) is 0 Å². The average Bonchev–Trinajstić information content (AvgIpc) is 2.61. The van der Waals surface area contributed by atoms with E-state index in [0.717, 1.165) is 5.56 Å². The number of ether oxygens (including phenoxy) is 1. The van der Waals surface area contributed by atoms with Crippen LogP contribution in [0, 0.1) is 0 Å². The van der Waals surface area contributed by atoms with Crippen LogP contribution in [0.15, 0.2) is 22.8 Å². The summed E-state index contributed by atoms with van der Waals surface area (Å²) >= 11 is 0. The number of methoxy groups -OCH3 is 1. The lowest BCUT2D eigenvalue weighted by atomic mass is 10.1. The molecule has 4 heteroatoms. The number of hydrogen-bond donors (Lipinski definition) is 1. The lowest BCUT2D eigenvalue weighted by Crippen LogP contribution is -1.95. The van der Waals surface area contributed by atoms with Gasteiger partial charge in [-0.2, -0.15) is 0 Å². The summed E-state index contributed by atoms with van der Waals surface area (Å²) in [5, 5.41) is 9.43. The molecular formula is C11H10O4. The van der Waals surface area contributed by atoms with Crippen LogP contribution in [0.4, 0.5) is 0 Å². The van der Waals surface area contributed by atoms with Gasteiger partial charge >= 0.3 is 5.95 Å². The molecule has 0 atom stereocenters. The van der Waals surface area contributed by atoms with Crippen LogP contribution in [0.5, 0.6) is 11.7 Å². The molecule has 2 rings (SSSR count). The SMILES string of the molecule is COc1c(O)occ2ccc(C(C)=O)c1-2. The number of Topliss-reactive ketones (excluding diaryl/α,β-unsaturated/α-hetero) is 1. The molecule has 0 amide bonds. The predicted octanol–water partition coefficient (Wildman–Crippen LogP) is 2.30. The molecule has 0 unspecified atom stereocenters. The Morgan fingerprint density at radius 1 is 1.47 bits per heavy atom. The van der Waals surface area contributed by atoms with E-state index >= 15 is 0 Å². The molecule has 0 radical (unpaired) electrons. The summed E-state index contributed by atoms with van der Waals surface area (Å²) in [4.78, 5) is 11.3. The first-order valence-electron chi connectivity index (χ1n) is 4.43. The Kier molecular flexibility index (Phi) is 2.11. The first-order chi connectivity index (χ1) is 7.15. The zero-order valence-electron chi connectivity index (χ0n) is 8.40. The van der Waals surface area contributed by atoms with Crippen LogP contribution in [-0.2, 0) is 0 Å². The van der Waals surface area contributed by atoms with Crippen LogP contribution in [0.25, 0.3) is 11.1 Å². The maximum absolute atomic E-state index is 11.3. The fourth-order valence-corrected chi connectivity index (χ4v) is 1.61. The topological polar surface area (TPSA) is 59.7 Å². The predicted molar refractivity (Wildman–Crippen MR) is 53.6 cm³/mol. The van der Waals surface area contributed by atoms with Gasteiger partial charge in [0.2, 0.25) is 5.75 Å². The molecule has 2 aliphatic rings. The van der Waals surface area contributed by atoms with Gasteiger partial charge in [0, 0.05) is 16.7 Å². The summed E-state index contributed by atoms with van der Waals surface area (Å²) in [6.45, 7) is 1.47. The van der Waals surface area contributed by atoms with Crippen molar-refractivity contribution in [3.63, 3.8) is 0 Å². The smallest absolute Gasteiger partial charge is 0.326 e. The van der Waals surface area contributed by atoms with Crippen LogP contribution in [0.2, 0.25) is 0 Å². The van der Waals surface area contributed by atoms with Crippen molar-refractivity contribution in [1.82, 2.24) is 0 Å². The average molecular weight is 206 g/mol. The molecule has 0 bridgehead atoms. The Balaban J connectivity index is 2.78. The van der Waals surface area contributed by atoms with Crippen molar-refractivity contribution in [3.8, 4) is 22.8 Å². The lowest BCUT2D eigenvalue weighted by Gasteiger charge is -2.08. The highest BCUT2D eigenvalue weighted by molar-refractivity contribution is 6.03. The van der Waals surface area contributed by atoms with E-state index < -0.39 is 0 Å². The van der Waals surface area contributed by atoms with E-state index in [1.54, 1.807) is 12.1 Å². The first kappa shape index (κ1) is 9.58. The van der Waals surface area contributed by atoms with Gasteiger partial charge in [-0.3, -0.25) is 4.79 Å². The summed E-state index contributed by atoms with van der Waals surface area (Å²) in [6.07, 6.45) is 1.39. The first-order valence-corrected chi connectivity index (χ1v) is 4.43. The quantitative estimate of drug-likeness (QED) is 0.766. The molecule has 1 N–H and O–H groups in total. The van der Waals surface area contributed by atoms with Crippen molar-refractivity contribution in [2.45, 2.75) is 6.92 Å². The summed E-state index contributed by atoms with van der Waals surface area (Å²) < 4.78 is 9.89. The lowest BCUT2D eigenvalue weighted by molar-refractivity contribution is 0.101. The van der Waals surface area contributed by atoms with Crippen LogP contribution in [-0.4, -0.2) is 18.0 Å². The third-order valence-corrected chi connectivity index (χ3v) is 2.29. The Bertz CT molecular complexity index is 484. The monoisotopic (exact) mass is 206 g/mol. The maximum atomic E-state index is 11.3. The van der Waals surface area contributed by atoms with E-state index in [0.29, 0.717) is 11.1 Å². The van der Waals surface area contributed by atoms with Crippen LogP contribution < -0.4 is 4.74 Å². The fraction of sp³-hybridized carbons (Fsp3) is 0.182. The normalized spacial score (nSPS) is 10.5. The van der Waals surface area contributed by atoms with Crippen molar-refractivity contribution >= 4 is 5.78 Å². The maximum Gasteiger partial charge on any atom is 0.326 e. The standard InChI is InChI=1S/C11H10O4/c1-6(12)8-4-3-7-5-15-11(13)10(14-2)9(7)8/h3-5,13H,1-2H3. The van der Waals surface area contributed by atoms with Gasteiger partial charge in [0.25, 0.3) is 0 Å². The van der Waals surface area contributed by atoms with Crippen molar-refractivity contribution in [1.29, 1.82) is 0 Å². The van der Waals surface area contributed by atoms with Gasteiger partial charge in [-0.15, -0.1) is 0 Å². The second-order valence-corrected chi connectivity index (χ2v) is 3.21. The molecular weight excluding hydrogens is 196 g/mol. The molecule has 0 saturated carbocycles. The largest absolute Gasteiger partial charge is 0.490 e. The summed E-state index contributed by atoms with van der Waals surface area (Å²) in [6, 6.07) is 3.43.